The second kappa shape index (κ2) is 8.59. The van der Waals surface area contributed by atoms with Crippen LogP contribution in [0, 0.1) is 6.92 Å². The summed E-state index contributed by atoms with van der Waals surface area (Å²) >= 11 is 6.04. The number of carboxylic acid groups (broad SMARTS) is 1. The smallest absolute Gasteiger partial charge is 0.337 e. The van der Waals surface area contributed by atoms with E-state index in [9.17, 15) is 14.7 Å². The van der Waals surface area contributed by atoms with E-state index in [4.69, 9.17) is 16.3 Å². The first-order chi connectivity index (χ1) is 13.4. The number of H-pyrrole nitrogens is 1. The average Bonchev–Trinajstić information content (AvgIpc) is 2.65. The molecule has 0 amide bonds. The minimum Gasteiger partial charge on any atom is -0.479 e. The fourth-order valence-electron chi connectivity index (χ4n) is 3.35. The standard InChI is InChI=1S/C22H22ClNO4/c1-3-4-11-28-21(22(26)27)19-13(2)12-17-16(9-10-18(25)24-17)20(19)14-5-7-15(23)8-6-14/h5-10,12,21H,3-4,11H2,1-2H3,(H,24,25)(H,26,27). The molecule has 0 saturated heterocycles. The molecule has 3 aromatic rings. The van der Waals surface area contributed by atoms with Gasteiger partial charge in [0.25, 0.3) is 0 Å². The van der Waals surface area contributed by atoms with E-state index in [2.05, 4.69) is 4.98 Å². The highest BCUT2D eigenvalue weighted by Crippen LogP contribution is 2.38. The predicted octanol–water partition coefficient (Wildman–Crippen LogP) is 5.10. The maximum atomic E-state index is 12.1. The fourth-order valence-corrected chi connectivity index (χ4v) is 3.47. The SMILES string of the molecule is CCCCOC(C(=O)O)c1c(C)cc2[nH]c(=O)ccc2c1-c1ccc(Cl)cc1. The number of hydrogen-bond acceptors (Lipinski definition) is 3. The lowest BCUT2D eigenvalue weighted by Crippen LogP contribution is -2.19. The Morgan fingerprint density at radius 1 is 1.21 bits per heavy atom. The molecule has 6 heteroatoms. The first-order valence-electron chi connectivity index (χ1n) is 9.19. The molecule has 1 heterocycles. The summed E-state index contributed by atoms with van der Waals surface area (Å²) in [5.41, 5.74) is 3.30. The van der Waals surface area contributed by atoms with Gasteiger partial charge in [0.05, 0.1) is 0 Å². The van der Waals surface area contributed by atoms with E-state index in [-0.39, 0.29) is 5.56 Å². The van der Waals surface area contributed by atoms with E-state index in [1.54, 1.807) is 24.3 Å². The van der Waals surface area contributed by atoms with E-state index in [0.29, 0.717) is 22.7 Å². The molecular formula is C22H22ClNO4. The molecule has 28 heavy (non-hydrogen) atoms. The Hall–Kier alpha value is -2.63. The monoisotopic (exact) mass is 399 g/mol. The van der Waals surface area contributed by atoms with E-state index < -0.39 is 12.1 Å². The molecule has 146 valence electrons. The van der Waals surface area contributed by atoms with Crippen LogP contribution in [0.3, 0.4) is 0 Å². The van der Waals surface area contributed by atoms with Crippen LogP contribution in [0.25, 0.3) is 22.0 Å². The van der Waals surface area contributed by atoms with Gasteiger partial charge >= 0.3 is 5.97 Å². The molecule has 0 saturated carbocycles. The second-order valence-electron chi connectivity index (χ2n) is 6.72. The van der Waals surface area contributed by atoms with Crippen molar-refractivity contribution < 1.29 is 14.6 Å². The van der Waals surface area contributed by atoms with Crippen molar-refractivity contribution in [2.45, 2.75) is 32.8 Å². The highest BCUT2D eigenvalue weighted by Gasteiger charge is 2.27. The van der Waals surface area contributed by atoms with E-state index in [1.807, 2.05) is 26.0 Å². The van der Waals surface area contributed by atoms with Gasteiger partial charge in [0.2, 0.25) is 5.56 Å². The molecule has 1 atom stereocenters. The summed E-state index contributed by atoms with van der Waals surface area (Å²) in [7, 11) is 0. The second-order valence-corrected chi connectivity index (χ2v) is 7.15. The number of fused-ring (bicyclic) bond motifs is 1. The Kier molecular flexibility index (Phi) is 6.17. The molecular weight excluding hydrogens is 378 g/mol. The Labute approximate surface area is 167 Å². The van der Waals surface area contributed by atoms with Gasteiger partial charge in [-0.15, -0.1) is 0 Å². The third-order valence-electron chi connectivity index (χ3n) is 4.68. The van der Waals surface area contributed by atoms with Crippen molar-refractivity contribution in [3.63, 3.8) is 0 Å². The van der Waals surface area contributed by atoms with Crippen LogP contribution in [0.15, 0.2) is 47.3 Å². The number of ether oxygens (including phenoxy) is 1. The van der Waals surface area contributed by atoms with Crippen molar-refractivity contribution in [1.82, 2.24) is 4.98 Å². The summed E-state index contributed by atoms with van der Waals surface area (Å²) in [4.78, 5) is 26.7. The number of pyridine rings is 1. The zero-order valence-corrected chi connectivity index (χ0v) is 16.5. The Balaban J connectivity index is 2.30. The summed E-state index contributed by atoms with van der Waals surface area (Å²) in [5, 5.41) is 11.2. The lowest BCUT2D eigenvalue weighted by atomic mass is 9.88. The number of aryl methyl sites for hydroxylation is 1. The summed E-state index contributed by atoms with van der Waals surface area (Å²) in [6.45, 7) is 4.21. The molecule has 0 radical (unpaired) electrons. The number of aromatic nitrogens is 1. The van der Waals surface area contributed by atoms with Gasteiger partial charge < -0.3 is 14.8 Å². The van der Waals surface area contributed by atoms with Gasteiger partial charge in [0, 0.05) is 34.2 Å². The van der Waals surface area contributed by atoms with Crippen molar-refractivity contribution in [2.24, 2.45) is 0 Å². The normalized spacial score (nSPS) is 12.2. The number of carbonyl (C=O) groups is 1. The fraction of sp³-hybridized carbons (Fsp3) is 0.273. The Morgan fingerprint density at radius 2 is 1.93 bits per heavy atom. The van der Waals surface area contributed by atoms with Crippen LogP contribution in [0.1, 0.15) is 37.0 Å². The van der Waals surface area contributed by atoms with Gasteiger partial charge in [-0.2, -0.15) is 0 Å². The molecule has 1 unspecified atom stereocenters. The third-order valence-corrected chi connectivity index (χ3v) is 4.93. The lowest BCUT2D eigenvalue weighted by molar-refractivity contribution is -0.151. The van der Waals surface area contributed by atoms with E-state index in [1.165, 1.54) is 6.07 Å². The van der Waals surface area contributed by atoms with Crippen molar-refractivity contribution in [3.05, 3.63) is 69.0 Å². The number of carboxylic acids is 1. The van der Waals surface area contributed by atoms with Gasteiger partial charge in [0.1, 0.15) is 0 Å². The van der Waals surface area contributed by atoms with Crippen molar-refractivity contribution in [3.8, 4) is 11.1 Å². The van der Waals surface area contributed by atoms with Crippen LogP contribution in [0.2, 0.25) is 5.02 Å². The predicted molar refractivity (Wildman–Crippen MR) is 111 cm³/mol. The minimum absolute atomic E-state index is 0.212. The number of aliphatic carboxylic acids is 1. The molecule has 2 aromatic carbocycles. The molecule has 0 aliphatic rings. The molecule has 0 aliphatic carbocycles. The van der Waals surface area contributed by atoms with E-state index in [0.717, 1.165) is 34.9 Å². The van der Waals surface area contributed by atoms with Crippen LogP contribution in [0.5, 0.6) is 0 Å². The molecule has 0 bridgehead atoms. The number of rotatable bonds is 7. The van der Waals surface area contributed by atoms with Crippen LogP contribution >= 0.6 is 11.6 Å². The summed E-state index contributed by atoms with van der Waals surface area (Å²) in [6, 6.07) is 12.2. The number of unbranched alkanes of at least 4 members (excludes halogenated alkanes) is 1. The zero-order valence-electron chi connectivity index (χ0n) is 15.8. The summed E-state index contributed by atoms with van der Waals surface area (Å²) in [6.07, 6.45) is 0.586. The highest BCUT2D eigenvalue weighted by molar-refractivity contribution is 6.30. The number of aromatic amines is 1. The molecule has 1 aromatic heterocycles. The number of nitrogens with one attached hydrogen (secondary N) is 1. The average molecular weight is 400 g/mol. The van der Waals surface area contributed by atoms with E-state index >= 15 is 0 Å². The van der Waals surface area contributed by atoms with Gasteiger partial charge in [0.15, 0.2) is 6.10 Å². The molecule has 3 rings (SSSR count). The largest absolute Gasteiger partial charge is 0.479 e. The summed E-state index contributed by atoms with van der Waals surface area (Å²) < 4.78 is 5.77. The topological polar surface area (TPSA) is 79.4 Å². The highest BCUT2D eigenvalue weighted by atomic mass is 35.5. The number of benzene rings is 2. The maximum Gasteiger partial charge on any atom is 0.337 e. The third kappa shape index (κ3) is 4.11. The summed E-state index contributed by atoms with van der Waals surface area (Å²) in [5.74, 6) is -1.04. The first kappa shape index (κ1) is 20.1. The van der Waals surface area contributed by atoms with Crippen LogP contribution in [0.4, 0.5) is 0 Å². The molecule has 0 aliphatic heterocycles. The quantitative estimate of drug-likeness (QED) is 0.542. The van der Waals surface area contributed by atoms with Gasteiger partial charge in [-0.05, 0) is 54.3 Å². The number of hydrogen-bond donors (Lipinski definition) is 2. The molecule has 5 nitrogen and oxygen atoms in total. The molecule has 0 spiro atoms. The zero-order chi connectivity index (χ0) is 20.3. The van der Waals surface area contributed by atoms with Crippen molar-refractivity contribution in [2.75, 3.05) is 6.61 Å². The molecule has 2 N–H and O–H groups in total. The maximum absolute atomic E-state index is 12.1. The van der Waals surface area contributed by atoms with Gasteiger partial charge in [-0.1, -0.05) is 37.1 Å². The van der Waals surface area contributed by atoms with Gasteiger partial charge in [-0.25, -0.2) is 4.79 Å². The Bertz CT molecular complexity index is 1060. The van der Waals surface area contributed by atoms with Crippen LogP contribution in [-0.2, 0) is 9.53 Å². The van der Waals surface area contributed by atoms with Crippen molar-refractivity contribution >= 4 is 28.5 Å². The Morgan fingerprint density at radius 3 is 2.57 bits per heavy atom. The molecule has 0 fully saturated rings. The van der Waals surface area contributed by atoms with Crippen LogP contribution < -0.4 is 5.56 Å². The lowest BCUT2D eigenvalue weighted by Gasteiger charge is -2.22. The van der Waals surface area contributed by atoms with Crippen LogP contribution in [-0.4, -0.2) is 22.7 Å². The minimum atomic E-state index is -1.10. The van der Waals surface area contributed by atoms with Gasteiger partial charge in [-0.3, -0.25) is 4.79 Å². The van der Waals surface area contributed by atoms with Crippen molar-refractivity contribution in [1.29, 1.82) is 0 Å². The first-order valence-corrected chi connectivity index (χ1v) is 9.57. The number of halogens is 1.